The molecule has 9 nitrogen and oxygen atoms in total. The van der Waals surface area contributed by atoms with Crippen molar-refractivity contribution in [1.29, 1.82) is 0 Å². The predicted molar refractivity (Wildman–Crippen MR) is 119 cm³/mol. The number of nitrogen functional groups attached to an aromatic ring is 1. The third-order valence-electron chi connectivity index (χ3n) is 4.24. The fourth-order valence-corrected chi connectivity index (χ4v) is 3.35. The Labute approximate surface area is 183 Å². The lowest BCUT2D eigenvalue weighted by atomic mass is 10.1. The number of amides is 1. The Kier molecular flexibility index (Phi) is 7.50. The Morgan fingerprint density at radius 1 is 1.10 bits per heavy atom. The molecule has 0 aliphatic carbocycles. The molecule has 0 fully saturated rings. The molecule has 0 bridgehead atoms. The predicted octanol–water partition coefficient (Wildman–Crippen LogP) is 2.08. The van der Waals surface area contributed by atoms with E-state index in [-0.39, 0.29) is 28.9 Å². The maximum Gasteiger partial charge on any atom is 0.294 e. The minimum atomic E-state index is -0.458. The van der Waals surface area contributed by atoms with E-state index in [1.807, 2.05) is 19.1 Å². The van der Waals surface area contributed by atoms with Crippen molar-refractivity contribution in [3.05, 3.63) is 70.1 Å². The number of carbonyl (C=O) groups is 1. The molecule has 10 heteroatoms. The number of methoxy groups -OCH3 is 1. The van der Waals surface area contributed by atoms with Gasteiger partial charge < -0.3 is 20.6 Å². The summed E-state index contributed by atoms with van der Waals surface area (Å²) in [6.45, 7) is 2.47. The average molecular weight is 442 g/mol. The quantitative estimate of drug-likeness (QED) is 0.382. The Morgan fingerprint density at radius 3 is 2.42 bits per heavy atom. The van der Waals surface area contributed by atoms with E-state index in [0.29, 0.717) is 12.3 Å². The molecular formula is C21H23N5O4S. The summed E-state index contributed by atoms with van der Waals surface area (Å²) in [7, 11) is 1.59. The van der Waals surface area contributed by atoms with E-state index in [0.717, 1.165) is 33.5 Å². The first kappa shape index (κ1) is 22.2. The van der Waals surface area contributed by atoms with Crippen LogP contribution in [0, 0.1) is 0 Å². The first-order chi connectivity index (χ1) is 15.0. The molecule has 162 valence electrons. The lowest BCUT2D eigenvalue weighted by Gasteiger charge is -2.09. The number of aromatic nitrogens is 3. The van der Waals surface area contributed by atoms with E-state index in [1.54, 1.807) is 43.5 Å². The molecule has 0 aliphatic rings. The SMILES string of the molecule is CCOc1ccc(NC(=O)CSc2nnc(Cc3ccc(OC)cc3)c(=O)n2N)cc1. The minimum absolute atomic E-state index is 0.0242. The van der Waals surface area contributed by atoms with Crippen molar-refractivity contribution in [2.45, 2.75) is 18.5 Å². The molecule has 1 heterocycles. The third kappa shape index (κ3) is 5.98. The van der Waals surface area contributed by atoms with E-state index >= 15 is 0 Å². The molecule has 31 heavy (non-hydrogen) atoms. The van der Waals surface area contributed by atoms with Gasteiger partial charge in [-0.2, -0.15) is 4.68 Å². The van der Waals surface area contributed by atoms with Gasteiger partial charge in [0.25, 0.3) is 5.56 Å². The van der Waals surface area contributed by atoms with Gasteiger partial charge in [-0.15, -0.1) is 10.2 Å². The molecule has 0 aliphatic heterocycles. The molecule has 0 unspecified atom stereocenters. The Bertz CT molecular complexity index is 1080. The van der Waals surface area contributed by atoms with Gasteiger partial charge in [0.1, 0.15) is 17.2 Å². The fraction of sp³-hybridized carbons (Fsp3) is 0.238. The second-order valence-corrected chi connectivity index (χ2v) is 7.37. The van der Waals surface area contributed by atoms with Crippen LogP contribution < -0.4 is 26.2 Å². The van der Waals surface area contributed by atoms with Crippen molar-refractivity contribution in [3.8, 4) is 11.5 Å². The largest absolute Gasteiger partial charge is 0.497 e. The number of ether oxygens (including phenoxy) is 2. The van der Waals surface area contributed by atoms with Gasteiger partial charge in [0, 0.05) is 12.1 Å². The van der Waals surface area contributed by atoms with E-state index in [4.69, 9.17) is 15.3 Å². The zero-order chi connectivity index (χ0) is 22.2. The van der Waals surface area contributed by atoms with Gasteiger partial charge in [-0.05, 0) is 48.9 Å². The van der Waals surface area contributed by atoms with E-state index < -0.39 is 5.56 Å². The van der Waals surface area contributed by atoms with E-state index in [2.05, 4.69) is 15.5 Å². The zero-order valence-electron chi connectivity index (χ0n) is 17.2. The first-order valence-electron chi connectivity index (χ1n) is 9.52. The molecule has 2 aromatic carbocycles. The fourth-order valence-electron chi connectivity index (χ4n) is 2.69. The molecule has 1 aromatic heterocycles. The van der Waals surface area contributed by atoms with Crippen LogP contribution in [0.4, 0.5) is 5.69 Å². The van der Waals surface area contributed by atoms with Gasteiger partial charge in [-0.25, -0.2) is 0 Å². The molecule has 0 saturated heterocycles. The molecule has 0 atom stereocenters. The van der Waals surface area contributed by atoms with Crippen LogP contribution in [0.25, 0.3) is 0 Å². The summed E-state index contributed by atoms with van der Waals surface area (Å²) < 4.78 is 11.4. The summed E-state index contributed by atoms with van der Waals surface area (Å²) in [6, 6.07) is 14.3. The molecule has 3 rings (SSSR count). The second-order valence-electron chi connectivity index (χ2n) is 6.42. The standard InChI is InChI=1S/C21H23N5O4S/c1-3-30-17-10-6-15(7-11-17)23-19(27)13-31-21-25-24-18(20(28)26(21)22)12-14-4-8-16(29-2)9-5-14/h4-11H,3,12-13,22H2,1-2H3,(H,23,27). The van der Waals surface area contributed by atoms with Gasteiger partial charge in [0.2, 0.25) is 11.1 Å². The van der Waals surface area contributed by atoms with Crippen LogP contribution in [0.5, 0.6) is 11.5 Å². The molecule has 0 radical (unpaired) electrons. The molecule has 0 saturated carbocycles. The van der Waals surface area contributed by atoms with Crippen LogP contribution in [-0.4, -0.2) is 40.3 Å². The number of hydrogen-bond acceptors (Lipinski definition) is 8. The number of thioether (sulfide) groups is 1. The highest BCUT2D eigenvalue weighted by Gasteiger charge is 2.13. The normalized spacial score (nSPS) is 10.5. The summed E-state index contributed by atoms with van der Waals surface area (Å²) in [5.74, 6) is 7.10. The summed E-state index contributed by atoms with van der Waals surface area (Å²) in [6.07, 6.45) is 0.288. The maximum absolute atomic E-state index is 12.5. The van der Waals surface area contributed by atoms with Crippen LogP contribution in [0.1, 0.15) is 18.2 Å². The van der Waals surface area contributed by atoms with Crippen LogP contribution in [-0.2, 0) is 11.2 Å². The van der Waals surface area contributed by atoms with Gasteiger partial charge in [0.05, 0.1) is 19.5 Å². The van der Waals surface area contributed by atoms with Gasteiger partial charge >= 0.3 is 0 Å². The number of benzene rings is 2. The minimum Gasteiger partial charge on any atom is -0.497 e. The number of nitrogens with two attached hydrogens (primary N) is 1. The molecule has 3 N–H and O–H groups in total. The lowest BCUT2D eigenvalue weighted by Crippen LogP contribution is -2.34. The summed E-state index contributed by atoms with van der Waals surface area (Å²) >= 11 is 1.03. The van der Waals surface area contributed by atoms with E-state index in [9.17, 15) is 9.59 Å². The maximum atomic E-state index is 12.5. The van der Waals surface area contributed by atoms with Crippen molar-refractivity contribution in [1.82, 2.24) is 14.9 Å². The van der Waals surface area contributed by atoms with E-state index in [1.165, 1.54) is 0 Å². The first-order valence-corrected chi connectivity index (χ1v) is 10.5. The summed E-state index contributed by atoms with van der Waals surface area (Å²) in [5.41, 5.74) is 1.28. The van der Waals surface area contributed by atoms with Gasteiger partial charge in [-0.1, -0.05) is 23.9 Å². The summed E-state index contributed by atoms with van der Waals surface area (Å²) in [4.78, 5) is 24.7. The average Bonchev–Trinajstić information content (AvgIpc) is 2.78. The van der Waals surface area contributed by atoms with Gasteiger partial charge in [0.15, 0.2) is 0 Å². The summed E-state index contributed by atoms with van der Waals surface area (Å²) in [5, 5.41) is 10.9. The Hall–Kier alpha value is -3.53. The number of nitrogens with zero attached hydrogens (tertiary/aromatic N) is 3. The zero-order valence-corrected chi connectivity index (χ0v) is 18.0. The van der Waals surface area contributed by atoms with Crippen molar-refractivity contribution in [2.24, 2.45) is 0 Å². The highest BCUT2D eigenvalue weighted by Crippen LogP contribution is 2.17. The van der Waals surface area contributed by atoms with Crippen LogP contribution in [0.15, 0.2) is 58.5 Å². The highest BCUT2D eigenvalue weighted by atomic mass is 32.2. The van der Waals surface area contributed by atoms with Crippen molar-refractivity contribution in [3.63, 3.8) is 0 Å². The molecular weight excluding hydrogens is 418 g/mol. The third-order valence-corrected chi connectivity index (χ3v) is 5.18. The van der Waals surface area contributed by atoms with Crippen LogP contribution in [0.3, 0.4) is 0 Å². The topological polar surface area (TPSA) is 121 Å². The Balaban J connectivity index is 1.59. The number of anilines is 1. The van der Waals surface area contributed by atoms with Crippen molar-refractivity contribution >= 4 is 23.4 Å². The monoisotopic (exact) mass is 441 g/mol. The molecule has 0 spiro atoms. The molecule has 1 amide bonds. The number of nitrogens with one attached hydrogen (secondary N) is 1. The lowest BCUT2D eigenvalue weighted by molar-refractivity contribution is -0.113. The number of carbonyl (C=O) groups excluding carboxylic acids is 1. The second kappa shape index (κ2) is 10.5. The number of rotatable bonds is 9. The van der Waals surface area contributed by atoms with Crippen LogP contribution in [0.2, 0.25) is 0 Å². The van der Waals surface area contributed by atoms with Crippen molar-refractivity contribution in [2.75, 3.05) is 30.6 Å². The smallest absolute Gasteiger partial charge is 0.294 e. The van der Waals surface area contributed by atoms with Gasteiger partial charge in [-0.3, -0.25) is 9.59 Å². The Morgan fingerprint density at radius 2 is 1.77 bits per heavy atom. The molecule has 3 aromatic rings. The highest BCUT2D eigenvalue weighted by molar-refractivity contribution is 7.99. The number of hydrogen-bond donors (Lipinski definition) is 2. The van der Waals surface area contributed by atoms with Crippen molar-refractivity contribution < 1.29 is 14.3 Å². The van der Waals surface area contributed by atoms with Crippen LogP contribution >= 0.6 is 11.8 Å².